The normalized spacial score (nSPS) is 10.4. The monoisotopic (exact) mass is 220 g/mol. The Bertz CT molecular complexity index is 380. The van der Waals surface area contributed by atoms with Gasteiger partial charge in [0, 0.05) is 24.2 Å². The number of hydrogen-bond donors (Lipinski definition) is 1. The summed E-state index contributed by atoms with van der Waals surface area (Å²) < 4.78 is 0. The summed E-state index contributed by atoms with van der Waals surface area (Å²) in [6.07, 6.45) is 0.761. The van der Waals surface area contributed by atoms with E-state index in [1.165, 1.54) is 0 Å². The van der Waals surface area contributed by atoms with Gasteiger partial charge in [-0.2, -0.15) is 0 Å². The van der Waals surface area contributed by atoms with Crippen molar-refractivity contribution in [1.29, 1.82) is 5.39 Å². The van der Waals surface area contributed by atoms with Crippen molar-refractivity contribution in [3.05, 3.63) is 28.7 Å². The zero-order valence-corrected chi connectivity index (χ0v) is 9.85. The first-order chi connectivity index (χ1) is 7.71. The molecule has 0 unspecified atom stereocenters. The summed E-state index contributed by atoms with van der Waals surface area (Å²) in [5.41, 5.74) is 1.30. The third-order valence-corrected chi connectivity index (χ3v) is 2.77. The Morgan fingerprint density at radius 1 is 1.31 bits per heavy atom. The molecule has 0 aliphatic carbocycles. The van der Waals surface area contributed by atoms with Crippen LogP contribution in [0.3, 0.4) is 0 Å². The molecule has 0 bridgehead atoms. The molecule has 0 fully saturated rings. The molecule has 0 atom stereocenters. The van der Waals surface area contributed by atoms with Gasteiger partial charge in [-0.3, -0.25) is 0 Å². The van der Waals surface area contributed by atoms with E-state index in [4.69, 9.17) is 5.39 Å². The summed E-state index contributed by atoms with van der Waals surface area (Å²) >= 11 is 0. The standard InChI is InChI=1S/C12H17N3O/c1-3-15(4-2)8-7-10-9-11(14-13)5-6-12(10)16/h5-6,9H,3-4,7-8H2,1-2H3/p+1. The van der Waals surface area contributed by atoms with Crippen LogP contribution in [0, 0.1) is 5.39 Å². The van der Waals surface area contributed by atoms with Crippen molar-refractivity contribution < 1.29 is 5.11 Å². The number of nitrogens with zero attached hydrogens (tertiary/aromatic N) is 3. The van der Waals surface area contributed by atoms with Gasteiger partial charge in [-0.05, 0) is 25.6 Å². The summed E-state index contributed by atoms with van der Waals surface area (Å²) in [6.45, 7) is 7.13. The van der Waals surface area contributed by atoms with E-state index in [-0.39, 0.29) is 5.75 Å². The highest BCUT2D eigenvalue weighted by molar-refractivity contribution is 5.51. The quantitative estimate of drug-likeness (QED) is 0.776. The number of aromatic hydroxyl groups is 1. The Morgan fingerprint density at radius 2 is 2.00 bits per heavy atom. The van der Waals surface area contributed by atoms with Crippen LogP contribution in [0.1, 0.15) is 19.4 Å². The molecule has 1 aromatic carbocycles. The van der Waals surface area contributed by atoms with Crippen molar-refractivity contribution >= 4 is 5.69 Å². The van der Waals surface area contributed by atoms with E-state index in [0.717, 1.165) is 31.6 Å². The number of diazo groups is 1. The molecule has 0 aromatic heterocycles. The highest BCUT2D eigenvalue weighted by atomic mass is 16.3. The van der Waals surface area contributed by atoms with Crippen molar-refractivity contribution in [2.24, 2.45) is 0 Å². The SMILES string of the molecule is CCN(CC)CCc1cc([N+]#N)ccc1O. The molecule has 1 N–H and O–H groups in total. The molecule has 0 radical (unpaired) electrons. The van der Waals surface area contributed by atoms with E-state index >= 15 is 0 Å². The predicted molar refractivity (Wildman–Crippen MR) is 64.3 cm³/mol. The van der Waals surface area contributed by atoms with Gasteiger partial charge in [-0.1, -0.05) is 13.8 Å². The summed E-state index contributed by atoms with van der Waals surface area (Å²) in [4.78, 5) is 5.39. The highest BCUT2D eigenvalue weighted by Crippen LogP contribution is 2.23. The van der Waals surface area contributed by atoms with Crippen LogP contribution in [0.2, 0.25) is 0 Å². The molecule has 0 aliphatic rings. The Morgan fingerprint density at radius 3 is 2.56 bits per heavy atom. The van der Waals surface area contributed by atoms with E-state index in [9.17, 15) is 5.11 Å². The summed E-state index contributed by atoms with van der Waals surface area (Å²) in [5, 5.41) is 18.3. The predicted octanol–water partition coefficient (Wildman–Crippen LogP) is 2.76. The maximum absolute atomic E-state index is 9.65. The van der Waals surface area contributed by atoms with Crippen molar-refractivity contribution in [2.45, 2.75) is 20.3 Å². The smallest absolute Gasteiger partial charge is 0.385 e. The van der Waals surface area contributed by atoms with Gasteiger partial charge in [-0.25, -0.2) is 0 Å². The Kier molecular flexibility index (Phi) is 4.74. The lowest BCUT2D eigenvalue weighted by Gasteiger charge is -2.17. The Labute approximate surface area is 96.1 Å². The maximum Gasteiger partial charge on any atom is 0.385 e. The van der Waals surface area contributed by atoms with E-state index in [0.29, 0.717) is 5.69 Å². The number of likely N-dealkylation sites (N-methyl/N-ethyl adjacent to an activating group) is 1. The molecule has 86 valence electrons. The summed E-state index contributed by atoms with van der Waals surface area (Å²) in [5.74, 6) is 0.263. The number of phenols is 1. The first kappa shape index (κ1) is 12.5. The van der Waals surface area contributed by atoms with E-state index < -0.39 is 0 Å². The fourth-order valence-electron chi connectivity index (χ4n) is 1.65. The lowest BCUT2D eigenvalue weighted by molar-refractivity contribution is 0.306. The van der Waals surface area contributed by atoms with Crippen LogP contribution in [-0.2, 0) is 6.42 Å². The lowest BCUT2D eigenvalue weighted by Crippen LogP contribution is -2.25. The highest BCUT2D eigenvalue weighted by Gasteiger charge is 2.10. The third-order valence-electron chi connectivity index (χ3n) is 2.77. The van der Waals surface area contributed by atoms with Gasteiger partial charge in [0.15, 0.2) is 4.98 Å². The second kappa shape index (κ2) is 6.09. The number of benzene rings is 1. The molecule has 1 aromatic rings. The molecule has 0 spiro atoms. The average molecular weight is 220 g/mol. The first-order valence-electron chi connectivity index (χ1n) is 5.60. The fourth-order valence-corrected chi connectivity index (χ4v) is 1.65. The molecule has 1 rings (SSSR count). The second-order valence-electron chi connectivity index (χ2n) is 3.69. The fraction of sp³-hybridized carbons (Fsp3) is 0.500. The van der Waals surface area contributed by atoms with Crippen LogP contribution >= 0.6 is 0 Å². The maximum atomic E-state index is 9.65. The van der Waals surface area contributed by atoms with Crippen LogP contribution in [0.4, 0.5) is 5.69 Å². The van der Waals surface area contributed by atoms with Crippen molar-refractivity contribution in [3.8, 4) is 5.75 Å². The Hall–Kier alpha value is -1.60. The van der Waals surface area contributed by atoms with Gasteiger partial charge in [-0.15, -0.1) is 0 Å². The van der Waals surface area contributed by atoms with Crippen LogP contribution in [0.15, 0.2) is 18.2 Å². The van der Waals surface area contributed by atoms with Crippen LogP contribution in [0.25, 0.3) is 4.98 Å². The largest absolute Gasteiger partial charge is 0.508 e. The van der Waals surface area contributed by atoms with Gasteiger partial charge in [0.1, 0.15) is 5.75 Å². The summed E-state index contributed by atoms with van der Waals surface area (Å²) in [6, 6.07) is 4.85. The van der Waals surface area contributed by atoms with Gasteiger partial charge in [0.25, 0.3) is 0 Å². The minimum absolute atomic E-state index is 0.263. The van der Waals surface area contributed by atoms with Crippen molar-refractivity contribution in [1.82, 2.24) is 4.90 Å². The van der Waals surface area contributed by atoms with E-state index in [1.807, 2.05) is 0 Å². The second-order valence-corrected chi connectivity index (χ2v) is 3.69. The number of rotatable bonds is 5. The molecule has 0 amide bonds. The van der Waals surface area contributed by atoms with Crippen molar-refractivity contribution in [2.75, 3.05) is 19.6 Å². The molecule has 4 heteroatoms. The van der Waals surface area contributed by atoms with Gasteiger partial charge in [0.05, 0.1) is 0 Å². The molecule has 4 nitrogen and oxygen atoms in total. The van der Waals surface area contributed by atoms with E-state index in [2.05, 4.69) is 23.7 Å². The Balaban J connectivity index is 2.69. The molecular formula is C12H18N3O+. The molecule has 16 heavy (non-hydrogen) atoms. The number of hydrogen-bond acceptors (Lipinski definition) is 3. The van der Waals surface area contributed by atoms with E-state index in [1.54, 1.807) is 18.2 Å². The van der Waals surface area contributed by atoms with Crippen LogP contribution < -0.4 is 0 Å². The third kappa shape index (κ3) is 3.21. The summed E-state index contributed by atoms with van der Waals surface area (Å²) in [7, 11) is 0. The van der Waals surface area contributed by atoms with Crippen molar-refractivity contribution in [3.63, 3.8) is 0 Å². The van der Waals surface area contributed by atoms with Gasteiger partial charge >= 0.3 is 5.69 Å². The van der Waals surface area contributed by atoms with Gasteiger partial charge < -0.3 is 10.0 Å². The lowest BCUT2D eigenvalue weighted by atomic mass is 10.1. The first-order valence-corrected chi connectivity index (χ1v) is 5.60. The average Bonchev–Trinajstić information content (AvgIpc) is 2.32. The van der Waals surface area contributed by atoms with Crippen LogP contribution in [0.5, 0.6) is 5.75 Å². The van der Waals surface area contributed by atoms with Gasteiger partial charge in [0.2, 0.25) is 5.39 Å². The molecule has 0 saturated heterocycles. The minimum Gasteiger partial charge on any atom is -0.508 e. The molecule has 0 aliphatic heterocycles. The zero-order valence-electron chi connectivity index (χ0n) is 9.85. The molecular weight excluding hydrogens is 202 g/mol. The topological polar surface area (TPSA) is 51.6 Å². The minimum atomic E-state index is 0.263. The molecule has 0 heterocycles. The molecule has 0 saturated carbocycles. The number of phenolic OH excluding ortho intramolecular Hbond substituents is 1. The van der Waals surface area contributed by atoms with Crippen LogP contribution in [-0.4, -0.2) is 29.6 Å². The zero-order chi connectivity index (χ0) is 12.0.